The first kappa shape index (κ1) is 15.5. The standard InChI is InChI=1S/C13H19NO4S2/c1-2-3-10-4-7-14(8-5-10)20(17,18)11-6-9-19-12(11)13(15)16/h6,9-10H,2-5,7-8H2,1H3,(H,15,16). The van der Waals surface area contributed by atoms with Gasteiger partial charge >= 0.3 is 5.97 Å². The Hall–Kier alpha value is -0.920. The lowest BCUT2D eigenvalue weighted by molar-refractivity contribution is 0.0698. The van der Waals surface area contributed by atoms with E-state index in [2.05, 4.69) is 6.92 Å². The highest BCUT2D eigenvalue weighted by Gasteiger charge is 2.32. The summed E-state index contributed by atoms with van der Waals surface area (Å²) in [5.74, 6) is -0.590. The molecule has 1 aromatic rings. The van der Waals surface area contributed by atoms with E-state index >= 15 is 0 Å². The molecule has 0 saturated carbocycles. The molecule has 1 N–H and O–H groups in total. The Labute approximate surface area is 123 Å². The highest BCUT2D eigenvalue weighted by atomic mass is 32.2. The number of thiophene rings is 1. The van der Waals surface area contributed by atoms with E-state index in [4.69, 9.17) is 5.11 Å². The summed E-state index contributed by atoms with van der Waals surface area (Å²) in [6, 6.07) is 1.39. The Morgan fingerprint density at radius 3 is 2.65 bits per heavy atom. The second-order valence-electron chi connectivity index (χ2n) is 5.06. The Balaban J connectivity index is 2.16. The summed E-state index contributed by atoms with van der Waals surface area (Å²) in [5, 5.41) is 10.6. The van der Waals surface area contributed by atoms with Crippen LogP contribution in [0, 0.1) is 5.92 Å². The summed E-state index contributed by atoms with van der Waals surface area (Å²) < 4.78 is 26.4. The third-order valence-electron chi connectivity index (χ3n) is 3.71. The summed E-state index contributed by atoms with van der Waals surface area (Å²) >= 11 is 0.952. The third-order valence-corrected chi connectivity index (χ3v) is 6.68. The fourth-order valence-electron chi connectivity index (χ4n) is 2.64. The molecule has 1 aliphatic rings. The van der Waals surface area contributed by atoms with Crippen LogP contribution < -0.4 is 0 Å². The van der Waals surface area contributed by atoms with Crippen LogP contribution in [0.5, 0.6) is 0 Å². The molecule has 2 rings (SSSR count). The highest BCUT2D eigenvalue weighted by molar-refractivity contribution is 7.89. The summed E-state index contributed by atoms with van der Waals surface area (Å²) in [6.07, 6.45) is 3.97. The van der Waals surface area contributed by atoms with Crippen molar-refractivity contribution in [2.45, 2.75) is 37.5 Å². The average molecular weight is 317 g/mol. The maximum atomic E-state index is 12.5. The number of carboxylic acid groups (broad SMARTS) is 1. The van der Waals surface area contributed by atoms with Crippen LogP contribution in [0.1, 0.15) is 42.3 Å². The van der Waals surface area contributed by atoms with Crippen LogP contribution in [0.3, 0.4) is 0 Å². The maximum Gasteiger partial charge on any atom is 0.347 e. The van der Waals surface area contributed by atoms with Gasteiger partial charge in [0, 0.05) is 13.1 Å². The Morgan fingerprint density at radius 2 is 2.10 bits per heavy atom. The van der Waals surface area contributed by atoms with Crippen molar-refractivity contribution >= 4 is 27.3 Å². The van der Waals surface area contributed by atoms with E-state index in [1.165, 1.54) is 15.8 Å². The fourth-order valence-corrected chi connectivity index (χ4v) is 5.35. The number of hydrogen-bond donors (Lipinski definition) is 1. The predicted octanol–water partition coefficient (Wildman–Crippen LogP) is 2.65. The fraction of sp³-hybridized carbons (Fsp3) is 0.615. The van der Waals surface area contributed by atoms with E-state index < -0.39 is 16.0 Å². The molecular formula is C13H19NO4S2. The number of carbonyl (C=O) groups is 1. The largest absolute Gasteiger partial charge is 0.477 e. The molecule has 0 spiro atoms. The van der Waals surface area contributed by atoms with Crippen molar-refractivity contribution in [1.29, 1.82) is 0 Å². The Bertz CT molecular complexity index is 571. The molecule has 0 radical (unpaired) electrons. The van der Waals surface area contributed by atoms with Gasteiger partial charge in [0.25, 0.3) is 0 Å². The van der Waals surface area contributed by atoms with E-state index in [-0.39, 0.29) is 9.77 Å². The molecule has 0 aromatic carbocycles. The van der Waals surface area contributed by atoms with Gasteiger partial charge in [-0.2, -0.15) is 4.31 Å². The minimum Gasteiger partial charge on any atom is -0.477 e. The minimum absolute atomic E-state index is 0.0658. The number of hydrogen-bond acceptors (Lipinski definition) is 4. The molecule has 1 saturated heterocycles. The summed E-state index contributed by atoms with van der Waals surface area (Å²) in [7, 11) is -3.67. The number of carboxylic acids is 1. The van der Waals surface area contributed by atoms with Gasteiger partial charge in [-0.1, -0.05) is 19.8 Å². The molecule has 5 nitrogen and oxygen atoms in total. The van der Waals surface area contributed by atoms with Crippen LogP contribution in [-0.2, 0) is 10.0 Å². The molecular weight excluding hydrogens is 298 g/mol. The van der Waals surface area contributed by atoms with Crippen molar-refractivity contribution < 1.29 is 18.3 Å². The topological polar surface area (TPSA) is 74.7 Å². The van der Waals surface area contributed by atoms with Gasteiger partial charge in [0.1, 0.15) is 9.77 Å². The van der Waals surface area contributed by atoms with E-state index in [9.17, 15) is 13.2 Å². The molecule has 112 valence electrons. The number of aromatic carboxylic acids is 1. The smallest absolute Gasteiger partial charge is 0.347 e. The first-order valence-corrected chi connectivity index (χ1v) is 9.09. The number of piperidine rings is 1. The third kappa shape index (κ3) is 3.05. The van der Waals surface area contributed by atoms with Crippen LogP contribution >= 0.6 is 11.3 Å². The van der Waals surface area contributed by atoms with Crippen LogP contribution in [-0.4, -0.2) is 36.9 Å². The lowest BCUT2D eigenvalue weighted by Gasteiger charge is -2.31. The van der Waals surface area contributed by atoms with Gasteiger partial charge in [-0.05, 0) is 30.2 Å². The molecule has 20 heavy (non-hydrogen) atoms. The summed E-state index contributed by atoms with van der Waals surface area (Å²) in [5.41, 5.74) is 0. The maximum absolute atomic E-state index is 12.5. The van der Waals surface area contributed by atoms with Crippen molar-refractivity contribution in [1.82, 2.24) is 4.31 Å². The molecule has 2 heterocycles. The minimum atomic E-state index is -3.67. The van der Waals surface area contributed by atoms with Crippen molar-refractivity contribution in [3.05, 3.63) is 16.3 Å². The molecule has 0 unspecified atom stereocenters. The summed E-state index contributed by atoms with van der Waals surface area (Å²) in [6.45, 7) is 3.11. The first-order chi connectivity index (χ1) is 9.46. The second-order valence-corrected chi connectivity index (χ2v) is 7.88. The Morgan fingerprint density at radius 1 is 1.45 bits per heavy atom. The lowest BCUT2D eigenvalue weighted by Crippen LogP contribution is -2.38. The SMILES string of the molecule is CCCC1CCN(S(=O)(=O)c2ccsc2C(=O)O)CC1. The van der Waals surface area contributed by atoms with Gasteiger partial charge in [0.15, 0.2) is 0 Å². The van der Waals surface area contributed by atoms with E-state index in [1.54, 1.807) is 0 Å². The Kier molecular flexibility index (Phi) is 4.82. The molecule has 1 fully saturated rings. The number of nitrogens with zero attached hydrogens (tertiary/aromatic N) is 1. The van der Waals surface area contributed by atoms with E-state index in [1.807, 2.05) is 0 Å². The van der Waals surface area contributed by atoms with Gasteiger partial charge in [-0.15, -0.1) is 11.3 Å². The van der Waals surface area contributed by atoms with Crippen molar-refractivity contribution in [3.8, 4) is 0 Å². The quantitative estimate of drug-likeness (QED) is 0.906. The molecule has 0 bridgehead atoms. The van der Waals surface area contributed by atoms with Gasteiger partial charge in [0.2, 0.25) is 10.0 Å². The molecule has 0 aliphatic carbocycles. The zero-order valence-electron chi connectivity index (χ0n) is 11.4. The van der Waals surface area contributed by atoms with E-state index in [0.29, 0.717) is 19.0 Å². The van der Waals surface area contributed by atoms with Gasteiger partial charge in [0.05, 0.1) is 0 Å². The molecule has 7 heteroatoms. The van der Waals surface area contributed by atoms with Crippen LogP contribution in [0.25, 0.3) is 0 Å². The predicted molar refractivity (Wildman–Crippen MR) is 77.7 cm³/mol. The van der Waals surface area contributed by atoms with Gasteiger partial charge in [-0.3, -0.25) is 0 Å². The normalized spacial score (nSPS) is 18.2. The van der Waals surface area contributed by atoms with Crippen molar-refractivity contribution in [3.63, 3.8) is 0 Å². The summed E-state index contributed by atoms with van der Waals surface area (Å²) in [4.78, 5) is 10.9. The number of sulfonamides is 1. The monoisotopic (exact) mass is 317 g/mol. The van der Waals surface area contributed by atoms with Crippen LogP contribution in [0.15, 0.2) is 16.3 Å². The second kappa shape index (κ2) is 6.24. The first-order valence-electron chi connectivity index (χ1n) is 6.77. The lowest BCUT2D eigenvalue weighted by atomic mass is 9.94. The highest BCUT2D eigenvalue weighted by Crippen LogP contribution is 2.29. The average Bonchev–Trinajstić information content (AvgIpc) is 2.90. The molecule has 0 atom stereocenters. The number of rotatable bonds is 5. The van der Waals surface area contributed by atoms with Crippen molar-refractivity contribution in [2.24, 2.45) is 5.92 Å². The van der Waals surface area contributed by atoms with Gasteiger partial charge < -0.3 is 5.11 Å². The van der Waals surface area contributed by atoms with Crippen molar-refractivity contribution in [2.75, 3.05) is 13.1 Å². The molecule has 1 aromatic heterocycles. The zero-order valence-corrected chi connectivity index (χ0v) is 13.0. The van der Waals surface area contributed by atoms with Crippen LogP contribution in [0.4, 0.5) is 0 Å². The van der Waals surface area contributed by atoms with E-state index in [0.717, 1.165) is 37.0 Å². The van der Waals surface area contributed by atoms with Gasteiger partial charge in [-0.25, -0.2) is 13.2 Å². The van der Waals surface area contributed by atoms with Crippen LogP contribution in [0.2, 0.25) is 0 Å². The molecule has 1 aliphatic heterocycles. The zero-order chi connectivity index (χ0) is 14.8. The molecule has 0 amide bonds.